The molecule has 2 saturated heterocycles. The van der Waals surface area contributed by atoms with Crippen LogP contribution >= 0.6 is 11.6 Å². The summed E-state index contributed by atoms with van der Waals surface area (Å²) < 4.78 is 5.43. The van der Waals surface area contributed by atoms with Gasteiger partial charge in [-0.3, -0.25) is 0 Å². The van der Waals surface area contributed by atoms with Gasteiger partial charge in [0.05, 0.1) is 18.2 Å². The van der Waals surface area contributed by atoms with E-state index in [4.69, 9.17) is 21.3 Å². The van der Waals surface area contributed by atoms with Gasteiger partial charge in [-0.15, -0.1) is 0 Å². The van der Waals surface area contributed by atoms with E-state index in [0.717, 1.165) is 75.8 Å². The molecular weight excluding hydrogens is 352 g/mol. The highest BCUT2D eigenvalue weighted by Crippen LogP contribution is 2.25. The van der Waals surface area contributed by atoms with Gasteiger partial charge in [0.1, 0.15) is 11.6 Å². The minimum atomic E-state index is 0.702. The van der Waals surface area contributed by atoms with Gasteiger partial charge in [-0.25, -0.2) is 9.97 Å². The first kappa shape index (κ1) is 17.3. The van der Waals surface area contributed by atoms with Gasteiger partial charge in [0.25, 0.3) is 0 Å². The van der Waals surface area contributed by atoms with Gasteiger partial charge in [0.15, 0.2) is 0 Å². The summed E-state index contributed by atoms with van der Waals surface area (Å²) >= 11 is 6.28. The zero-order chi connectivity index (χ0) is 17.9. The molecule has 0 unspecified atom stereocenters. The van der Waals surface area contributed by atoms with E-state index in [-0.39, 0.29) is 0 Å². The zero-order valence-electron chi connectivity index (χ0n) is 14.9. The number of halogens is 1. The van der Waals surface area contributed by atoms with E-state index >= 15 is 0 Å². The van der Waals surface area contributed by atoms with Crippen molar-refractivity contribution in [2.75, 3.05) is 67.2 Å². The third kappa shape index (κ3) is 3.68. The Morgan fingerprint density at radius 1 is 0.962 bits per heavy atom. The van der Waals surface area contributed by atoms with Crippen LogP contribution in [0.15, 0.2) is 24.4 Å². The Kier molecular flexibility index (Phi) is 5.08. The van der Waals surface area contributed by atoms with Crippen LogP contribution < -0.4 is 14.7 Å². The van der Waals surface area contributed by atoms with Crippen LogP contribution in [0.25, 0.3) is 0 Å². The topological polar surface area (TPSA) is 57.6 Å². The Hall–Kier alpha value is -2.12. The highest BCUT2D eigenvalue weighted by molar-refractivity contribution is 6.32. The average molecular weight is 375 g/mol. The number of aryl methyl sites for hydroxylation is 1. The largest absolute Gasteiger partial charge is 0.378 e. The molecule has 138 valence electrons. The van der Waals surface area contributed by atoms with Crippen LogP contribution in [0.5, 0.6) is 0 Å². The second kappa shape index (κ2) is 7.63. The lowest BCUT2D eigenvalue weighted by Crippen LogP contribution is -2.47. The van der Waals surface area contributed by atoms with Gasteiger partial charge >= 0.3 is 0 Å². The number of hydrogen-bond acceptors (Lipinski definition) is 7. The number of ether oxygens (including phenoxy) is 1. The molecule has 2 fully saturated rings. The van der Waals surface area contributed by atoms with Crippen LogP contribution in [0, 0.1) is 6.92 Å². The van der Waals surface area contributed by atoms with Crippen molar-refractivity contribution in [3.8, 4) is 0 Å². The molecule has 0 bridgehead atoms. The van der Waals surface area contributed by atoms with E-state index in [0.29, 0.717) is 5.02 Å². The fourth-order valence-electron chi connectivity index (χ4n) is 3.36. The van der Waals surface area contributed by atoms with Crippen LogP contribution in [0.1, 0.15) is 5.69 Å². The van der Waals surface area contributed by atoms with E-state index in [2.05, 4.69) is 30.7 Å². The maximum Gasteiger partial charge on any atom is 0.227 e. The lowest BCUT2D eigenvalue weighted by atomic mass is 10.3. The molecule has 26 heavy (non-hydrogen) atoms. The molecule has 0 atom stereocenters. The summed E-state index contributed by atoms with van der Waals surface area (Å²) in [6, 6.07) is 5.81. The van der Waals surface area contributed by atoms with E-state index < -0.39 is 0 Å². The zero-order valence-corrected chi connectivity index (χ0v) is 15.7. The van der Waals surface area contributed by atoms with Crippen molar-refractivity contribution >= 4 is 29.2 Å². The second-order valence-corrected chi connectivity index (χ2v) is 6.96. The van der Waals surface area contributed by atoms with E-state index in [1.54, 1.807) is 6.20 Å². The molecule has 8 heteroatoms. The van der Waals surface area contributed by atoms with Crippen molar-refractivity contribution in [2.24, 2.45) is 0 Å². The number of pyridine rings is 1. The van der Waals surface area contributed by atoms with Gasteiger partial charge in [0, 0.05) is 57.2 Å². The average Bonchev–Trinajstić information content (AvgIpc) is 2.69. The van der Waals surface area contributed by atoms with Crippen molar-refractivity contribution in [2.45, 2.75) is 6.92 Å². The van der Waals surface area contributed by atoms with Crippen LogP contribution in [-0.4, -0.2) is 67.4 Å². The highest BCUT2D eigenvalue weighted by Gasteiger charge is 2.22. The minimum absolute atomic E-state index is 0.702. The maximum atomic E-state index is 6.28. The monoisotopic (exact) mass is 374 g/mol. The molecule has 4 heterocycles. The van der Waals surface area contributed by atoms with Crippen molar-refractivity contribution in [1.82, 2.24) is 15.0 Å². The third-order valence-corrected chi connectivity index (χ3v) is 5.06. The molecule has 2 aliphatic rings. The number of piperazine rings is 1. The van der Waals surface area contributed by atoms with Crippen LogP contribution in [0.2, 0.25) is 5.02 Å². The Balaban J connectivity index is 1.47. The third-order valence-electron chi connectivity index (χ3n) is 4.77. The van der Waals surface area contributed by atoms with Crippen LogP contribution in [0.4, 0.5) is 17.6 Å². The molecule has 2 aromatic heterocycles. The van der Waals surface area contributed by atoms with Crippen LogP contribution in [0.3, 0.4) is 0 Å². The predicted octanol–water partition coefficient (Wildman–Crippen LogP) is 2.00. The SMILES string of the molecule is Cc1cc(N2CCN(c3ncccc3Cl)CC2)nc(N2CCOCC2)n1. The quantitative estimate of drug-likeness (QED) is 0.814. The molecule has 0 saturated carbocycles. The highest BCUT2D eigenvalue weighted by atomic mass is 35.5. The van der Waals surface area contributed by atoms with Gasteiger partial charge in [-0.1, -0.05) is 11.6 Å². The molecular formula is C18H23ClN6O. The van der Waals surface area contributed by atoms with E-state index in [1.807, 2.05) is 19.1 Å². The second-order valence-electron chi connectivity index (χ2n) is 6.55. The smallest absolute Gasteiger partial charge is 0.227 e. The molecule has 2 aliphatic heterocycles. The Labute approximate surface area is 158 Å². The molecule has 2 aromatic rings. The molecule has 0 amide bonds. The van der Waals surface area contributed by atoms with E-state index in [1.165, 1.54) is 0 Å². The lowest BCUT2D eigenvalue weighted by molar-refractivity contribution is 0.122. The number of morpholine rings is 1. The molecule has 0 aromatic carbocycles. The molecule has 0 spiro atoms. The molecule has 0 radical (unpaired) electrons. The Morgan fingerprint density at radius 3 is 2.42 bits per heavy atom. The molecule has 4 rings (SSSR count). The van der Waals surface area contributed by atoms with Gasteiger partial charge in [0.2, 0.25) is 5.95 Å². The van der Waals surface area contributed by atoms with Crippen molar-refractivity contribution < 1.29 is 4.74 Å². The summed E-state index contributed by atoms with van der Waals surface area (Å²) in [5, 5.41) is 0.702. The summed E-state index contributed by atoms with van der Waals surface area (Å²) in [6.07, 6.45) is 1.79. The van der Waals surface area contributed by atoms with E-state index in [9.17, 15) is 0 Å². The summed E-state index contributed by atoms with van der Waals surface area (Å²) in [7, 11) is 0. The van der Waals surface area contributed by atoms with Gasteiger partial charge in [-0.05, 0) is 19.1 Å². The lowest BCUT2D eigenvalue weighted by Gasteiger charge is -2.37. The van der Waals surface area contributed by atoms with Gasteiger partial charge in [-0.2, -0.15) is 4.98 Å². The number of hydrogen-bond donors (Lipinski definition) is 0. The predicted molar refractivity (Wildman–Crippen MR) is 103 cm³/mol. The maximum absolute atomic E-state index is 6.28. The first-order valence-electron chi connectivity index (χ1n) is 8.99. The number of rotatable bonds is 3. The molecule has 0 N–H and O–H groups in total. The normalized spacial score (nSPS) is 18.3. The first-order chi connectivity index (χ1) is 12.7. The summed E-state index contributed by atoms with van der Waals surface area (Å²) in [4.78, 5) is 20.6. The first-order valence-corrected chi connectivity index (χ1v) is 9.37. The fraction of sp³-hybridized carbons (Fsp3) is 0.500. The standard InChI is InChI=1S/C18H23ClN6O/c1-14-13-16(22-18(21-14)25-9-11-26-12-10-25)23-5-7-24(8-6-23)17-15(19)3-2-4-20-17/h2-4,13H,5-12H2,1H3. The summed E-state index contributed by atoms with van der Waals surface area (Å²) in [5.74, 6) is 2.66. The number of nitrogens with zero attached hydrogens (tertiary/aromatic N) is 6. The Bertz CT molecular complexity index is 759. The number of anilines is 3. The van der Waals surface area contributed by atoms with Crippen LogP contribution in [-0.2, 0) is 4.74 Å². The Morgan fingerprint density at radius 2 is 1.69 bits per heavy atom. The number of aromatic nitrogens is 3. The summed E-state index contributed by atoms with van der Waals surface area (Å²) in [5.41, 5.74) is 0.992. The minimum Gasteiger partial charge on any atom is -0.378 e. The van der Waals surface area contributed by atoms with Crippen molar-refractivity contribution in [1.29, 1.82) is 0 Å². The fourth-order valence-corrected chi connectivity index (χ4v) is 3.60. The van der Waals surface area contributed by atoms with Gasteiger partial charge < -0.3 is 19.4 Å². The molecule has 7 nitrogen and oxygen atoms in total. The van der Waals surface area contributed by atoms with Crippen molar-refractivity contribution in [3.05, 3.63) is 35.1 Å². The van der Waals surface area contributed by atoms with Crippen molar-refractivity contribution in [3.63, 3.8) is 0 Å². The molecule has 0 aliphatic carbocycles. The summed E-state index contributed by atoms with van der Waals surface area (Å²) in [6.45, 7) is 8.67.